The Balaban J connectivity index is 2.41. The van der Waals surface area contributed by atoms with E-state index in [0.29, 0.717) is 5.56 Å². The molecule has 4 heteroatoms. The van der Waals surface area contributed by atoms with Gasteiger partial charge in [0, 0.05) is 11.8 Å². The molecule has 0 bridgehead atoms. The van der Waals surface area contributed by atoms with E-state index < -0.39 is 0 Å². The number of amides is 1. The van der Waals surface area contributed by atoms with Gasteiger partial charge in [0.25, 0.3) is 5.91 Å². The molecule has 1 aromatic rings. The molecule has 1 aromatic carbocycles. The lowest BCUT2D eigenvalue weighted by Crippen LogP contribution is -2.17. The molecule has 2 N–H and O–H groups in total. The van der Waals surface area contributed by atoms with E-state index in [-0.39, 0.29) is 11.7 Å². The quantitative estimate of drug-likeness (QED) is 0.474. The Kier molecular flexibility index (Phi) is 6.95. The average molecular weight is 286 g/mol. The zero-order valence-corrected chi connectivity index (χ0v) is 12.8. The fraction of sp³-hybridized carbons (Fsp3) is 0.294. The third-order valence-corrected chi connectivity index (χ3v) is 2.82. The summed E-state index contributed by atoms with van der Waals surface area (Å²) in [6.45, 7) is 6.20. The van der Waals surface area contributed by atoms with Gasteiger partial charge in [-0.05, 0) is 64.0 Å². The number of nitrogens with one attached hydrogen (secondary N) is 1. The Morgan fingerprint density at radius 3 is 2.52 bits per heavy atom. The summed E-state index contributed by atoms with van der Waals surface area (Å²) in [5.74, 6) is -0.174. The van der Waals surface area contributed by atoms with Gasteiger partial charge in [0.2, 0.25) is 0 Å². The largest absolute Gasteiger partial charge is 0.508 e. The Morgan fingerprint density at radius 1 is 1.24 bits per heavy atom. The Bertz CT molecular complexity index is 551. The lowest BCUT2D eigenvalue weighted by molar-refractivity contribution is 0.0955. The van der Waals surface area contributed by atoms with E-state index in [2.05, 4.69) is 30.5 Å². The van der Waals surface area contributed by atoms with Gasteiger partial charge in [-0.3, -0.25) is 4.79 Å². The first kappa shape index (κ1) is 16.7. The highest BCUT2D eigenvalue weighted by Gasteiger charge is 2.02. The second kappa shape index (κ2) is 8.74. The summed E-state index contributed by atoms with van der Waals surface area (Å²) < 4.78 is 0. The van der Waals surface area contributed by atoms with Crippen molar-refractivity contribution in [3.8, 4) is 5.75 Å². The second-order valence-electron chi connectivity index (χ2n) is 5.10. The van der Waals surface area contributed by atoms with E-state index >= 15 is 0 Å². The van der Waals surface area contributed by atoms with Crippen molar-refractivity contribution < 1.29 is 9.90 Å². The number of rotatable bonds is 6. The van der Waals surface area contributed by atoms with Crippen LogP contribution in [0.3, 0.4) is 0 Å². The van der Waals surface area contributed by atoms with Crippen LogP contribution < -0.4 is 5.43 Å². The molecule has 4 nitrogen and oxygen atoms in total. The normalized spacial score (nSPS) is 11.5. The molecule has 0 aliphatic rings. The van der Waals surface area contributed by atoms with Gasteiger partial charge in [0.05, 0.1) is 0 Å². The molecule has 1 rings (SSSR count). The molecular weight excluding hydrogens is 264 g/mol. The third kappa shape index (κ3) is 7.11. The highest BCUT2D eigenvalue weighted by atomic mass is 16.3. The van der Waals surface area contributed by atoms with Crippen molar-refractivity contribution in [1.29, 1.82) is 0 Å². The number of hydrogen-bond acceptors (Lipinski definition) is 3. The molecule has 112 valence electrons. The highest BCUT2D eigenvalue weighted by Crippen LogP contribution is 2.09. The van der Waals surface area contributed by atoms with Crippen molar-refractivity contribution in [3.63, 3.8) is 0 Å². The number of carbonyl (C=O) groups is 1. The second-order valence-corrected chi connectivity index (χ2v) is 5.10. The fourth-order valence-corrected chi connectivity index (χ4v) is 1.61. The molecule has 0 radical (unpaired) electrons. The van der Waals surface area contributed by atoms with Crippen LogP contribution in [0.1, 0.15) is 44.0 Å². The summed E-state index contributed by atoms with van der Waals surface area (Å²) >= 11 is 0. The van der Waals surface area contributed by atoms with Crippen LogP contribution in [0, 0.1) is 0 Å². The zero-order chi connectivity index (χ0) is 15.7. The van der Waals surface area contributed by atoms with Gasteiger partial charge in [-0.2, -0.15) is 5.10 Å². The van der Waals surface area contributed by atoms with Crippen molar-refractivity contribution in [2.45, 2.75) is 33.6 Å². The predicted octanol–water partition coefficient (Wildman–Crippen LogP) is 3.80. The number of hydrazone groups is 1. The Morgan fingerprint density at radius 2 is 1.90 bits per heavy atom. The van der Waals surface area contributed by atoms with E-state index in [1.165, 1.54) is 23.3 Å². The minimum absolute atomic E-state index is 0.130. The number of carbonyl (C=O) groups excluding carboxylic acids is 1. The van der Waals surface area contributed by atoms with Gasteiger partial charge in [-0.25, -0.2) is 5.43 Å². The maximum absolute atomic E-state index is 11.7. The average Bonchev–Trinajstić information content (AvgIpc) is 2.43. The monoisotopic (exact) mass is 286 g/mol. The van der Waals surface area contributed by atoms with Crippen LogP contribution in [0.25, 0.3) is 0 Å². The molecule has 0 heterocycles. The zero-order valence-electron chi connectivity index (χ0n) is 12.8. The topological polar surface area (TPSA) is 61.7 Å². The lowest BCUT2D eigenvalue weighted by atomic mass is 10.1. The van der Waals surface area contributed by atoms with Crippen molar-refractivity contribution >= 4 is 12.1 Å². The number of hydrogen-bond donors (Lipinski definition) is 2. The van der Waals surface area contributed by atoms with Crippen LogP contribution in [0.2, 0.25) is 0 Å². The van der Waals surface area contributed by atoms with E-state index in [1.807, 2.05) is 13.0 Å². The summed E-state index contributed by atoms with van der Waals surface area (Å²) in [5.41, 5.74) is 5.41. The molecule has 0 saturated heterocycles. The third-order valence-electron chi connectivity index (χ3n) is 2.82. The van der Waals surface area contributed by atoms with Gasteiger partial charge >= 0.3 is 0 Å². The van der Waals surface area contributed by atoms with Crippen LogP contribution in [0.5, 0.6) is 5.75 Å². The summed E-state index contributed by atoms with van der Waals surface area (Å²) in [6.07, 6.45) is 7.65. The first-order chi connectivity index (χ1) is 9.99. The molecule has 1 amide bonds. The number of nitrogens with zero attached hydrogens (tertiary/aromatic N) is 1. The van der Waals surface area contributed by atoms with Crippen LogP contribution >= 0.6 is 0 Å². The number of phenols is 1. The molecule has 21 heavy (non-hydrogen) atoms. The molecule has 0 fully saturated rings. The fourth-order valence-electron chi connectivity index (χ4n) is 1.61. The minimum Gasteiger partial charge on any atom is -0.508 e. The molecule has 0 aliphatic carbocycles. The van der Waals surface area contributed by atoms with E-state index in [4.69, 9.17) is 5.11 Å². The van der Waals surface area contributed by atoms with Crippen molar-refractivity contribution in [2.75, 3.05) is 0 Å². The van der Waals surface area contributed by atoms with Gasteiger partial charge in [0.1, 0.15) is 5.75 Å². The smallest absolute Gasteiger partial charge is 0.271 e. The van der Waals surface area contributed by atoms with Gasteiger partial charge in [0.15, 0.2) is 0 Å². The van der Waals surface area contributed by atoms with E-state index in [9.17, 15) is 4.79 Å². The first-order valence-corrected chi connectivity index (χ1v) is 6.90. The predicted molar refractivity (Wildman–Crippen MR) is 86.5 cm³/mol. The van der Waals surface area contributed by atoms with Gasteiger partial charge in [-0.1, -0.05) is 17.2 Å². The molecular formula is C17H22N2O2. The number of benzene rings is 1. The minimum atomic E-state index is -0.304. The van der Waals surface area contributed by atoms with Crippen LogP contribution in [-0.4, -0.2) is 17.2 Å². The lowest BCUT2D eigenvalue weighted by Gasteiger charge is -1.99. The molecule has 0 spiro atoms. The maximum atomic E-state index is 11.7. The van der Waals surface area contributed by atoms with Crippen LogP contribution in [0.4, 0.5) is 0 Å². The van der Waals surface area contributed by atoms with Crippen molar-refractivity contribution in [3.05, 3.63) is 53.1 Å². The van der Waals surface area contributed by atoms with Gasteiger partial charge in [-0.15, -0.1) is 0 Å². The molecule has 0 unspecified atom stereocenters. The Hall–Kier alpha value is -2.36. The number of phenolic OH excluding ortho intramolecular Hbond substituents is 1. The molecule has 0 aromatic heterocycles. The highest BCUT2D eigenvalue weighted by molar-refractivity contribution is 5.94. The number of allylic oxidation sites excluding steroid dienone is 4. The summed E-state index contributed by atoms with van der Waals surface area (Å²) in [5, 5.41) is 13.0. The van der Waals surface area contributed by atoms with Gasteiger partial charge < -0.3 is 5.11 Å². The van der Waals surface area contributed by atoms with Crippen LogP contribution in [-0.2, 0) is 0 Å². The van der Waals surface area contributed by atoms with Crippen molar-refractivity contribution in [2.24, 2.45) is 5.10 Å². The standard InChI is InChI=1S/C17H22N2O2/c1-13(2)5-4-6-14(3)11-12-18-19-17(21)15-7-9-16(20)10-8-15/h5,7-12,20H,4,6H2,1-3H3,(H,19,21). The Labute approximate surface area is 125 Å². The van der Waals surface area contributed by atoms with Crippen molar-refractivity contribution in [1.82, 2.24) is 5.43 Å². The van der Waals surface area contributed by atoms with Crippen LogP contribution in [0.15, 0.2) is 52.7 Å². The van der Waals surface area contributed by atoms with E-state index in [1.54, 1.807) is 18.3 Å². The molecule has 0 saturated carbocycles. The first-order valence-electron chi connectivity index (χ1n) is 6.90. The summed E-state index contributed by atoms with van der Waals surface area (Å²) in [4.78, 5) is 11.7. The summed E-state index contributed by atoms with van der Waals surface area (Å²) in [6, 6.07) is 6.01. The maximum Gasteiger partial charge on any atom is 0.271 e. The molecule has 0 atom stereocenters. The molecule has 0 aliphatic heterocycles. The number of aromatic hydroxyl groups is 1. The van der Waals surface area contributed by atoms with E-state index in [0.717, 1.165) is 12.8 Å². The summed E-state index contributed by atoms with van der Waals surface area (Å²) in [7, 11) is 0. The SMILES string of the molecule is CC(C)=CCCC(C)=CC=NNC(=O)c1ccc(O)cc1.